The number of rotatable bonds is 12. The van der Waals surface area contributed by atoms with Gasteiger partial charge in [-0.1, -0.05) is 58.9 Å². The first kappa shape index (κ1) is 24.1. The predicted octanol–water partition coefficient (Wildman–Crippen LogP) is 4.17. The monoisotopic (exact) mass is 354 g/mol. The van der Waals surface area contributed by atoms with Crippen LogP contribution >= 0.6 is 0 Å². The fourth-order valence-corrected chi connectivity index (χ4v) is 1.92. The Morgan fingerprint density at radius 3 is 1.84 bits per heavy atom. The van der Waals surface area contributed by atoms with E-state index in [0.717, 1.165) is 24.0 Å². The quantitative estimate of drug-likeness (QED) is 0.553. The molecule has 0 heterocycles. The highest BCUT2D eigenvalue weighted by Crippen LogP contribution is 2.19. The van der Waals surface area contributed by atoms with Gasteiger partial charge in [0, 0.05) is 26.4 Å². The van der Waals surface area contributed by atoms with Crippen LogP contribution in [-0.2, 0) is 22.7 Å². The van der Waals surface area contributed by atoms with Gasteiger partial charge in [-0.25, -0.2) is 0 Å². The van der Waals surface area contributed by atoms with Crippen molar-refractivity contribution >= 4 is 0 Å². The number of benzene rings is 1. The Balaban J connectivity index is 0.00000277. The topological polar surface area (TPSA) is 58.9 Å². The van der Waals surface area contributed by atoms with Crippen LogP contribution in [-0.4, -0.2) is 36.6 Å². The number of aliphatic hydroxyl groups is 2. The first-order chi connectivity index (χ1) is 12.0. The van der Waals surface area contributed by atoms with Crippen LogP contribution in [0.25, 0.3) is 0 Å². The summed E-state index contributed by atoms with van der Waals surface area (Å²) in [6.07, 6.45) is 1.73. The molecule has 25 heavy (non-hydrogen) atoms. The first-order valence-electron chi connectivity index (χ1n) is 9.42. The summed E-state index contributed by atoms with van der Waals surface area (Å²) in [5.74, 6) is 0.297. The van der Waals surface area contributed by atoms with Gasteiger partial charge in [0.05, 0.1) is 13.2 Å². The largest absolute Gasteiger partial charge is 0.396 e. The van der Waals surface area contributed by atoms with Crippen LogP contribution in [0.5, 0.6) is 0 Å². The van der Waals surface area contributed by atoms with E-state index < -0.39 is 0 Å². The number of aliphatic hydroxyl groups excluding tert-OH is 2. The molecule has 0 saturated carbocycles. The third-order valence-electron chi connectivity index (χ3n) is 3.98. The van der Waals surface area contributed by atoms with Crippen molar-refractivity contribution in [3.05, 3.63) is 35.4 Å². The second kappa shape index (κ2) is 14.3. The van der Waals surface area contributed by atoms with Crippen molar-refractivity contribution in [2.24, 2.45) is 11.3 Å². The van der Waals surface area contributed by atoms with E-state index in [1.165, 1.54) is 0 Å². The Hall–Kier alpha value is -0.940. The van der Waals surface area contributed by atoms with Gasteiger partial charge < -0.3 is 19.7 Å². The molecule has 4 nitrogen and oxygen atoms in total. The van der Waals surface area contributed by atoms with Gasteiger partial charge in [-0.15, -0.1) is 0 Å². The highest BCUT2D eigenvalue weighted by molar-refractivity contribution is 5.21. The summed E-state index contributed by atoms with van der Waals surface area (Å²) in [5.41, 5.74) is 2.21. The molecule has 0 amide bonds. The first-order valence-corrected chi connectivity index (χ1v) is 9.42. The molecule has 4 heteroatoms. The summed E-state index contributed by atoms with van der Waals surface area (Å²) in [5, 5.41) is 18.1. The van der Waals surface area contributed by atoms with Crippen LogP contribution in [0.1, 0.15) is 58.6 Å². The second-order valence-electron chi connectivity index (χ2n) is 7.07. The molecule has 0 fully saturated rings. The van der Waals surface area contributed by atoms with Crippen LogP contribution in [0, 0.1) is 11.3 Å². The van der Waals surface area contributed by atoms with Gasteiger partial charge in [-0.2, -0.15) is 0 Å². The van der Waals surface area contributed by atoms with Gasteiger partial charge in [0.25, 0.3) is 0 Å². The molecule has 2 N–H and O–H groups in total. The fourth-order valence-electron chi connectivity index (χ4n) is 1.92. The molecular weight excluding hydrogens is 316 g/mol. The summed E-state index contributed by atoms with van der Waals surface area (Å²) in [4.78, 5) is 0. The molecule has 0 bridgehead atoms. The number of hydrogen-bond donors (Lipinski definition) is 2. The Morgan fingerprint density at radius 1 is 0.920 bits per heavy atom. The lowest BCUT2D eigenvalue weighted by Crippen LogP contribution is -2.19. The summed E-state index contributed by atoms with van der Waals surface area (Å²) in [7, 11) is 0. The maximum absolute atomic E-state index is 9.19. The summed E-state index contributed by atoms with van der Waals surface area (Å²) < 4.78 is 11.3. The molecule has 146 valence electrons. The minimum Gasteiger partial charge on any atom is -0.396 e. The summed E-state index contributed by atoms with van der Waals surface area (Å²) in [6, 6.07) is 8.25. The normalized spacial score (nSPS) is 12.4. The average Bonchev–Trinajstić information content (AvgIpc) is 2.65. The molecule has 0 radical (unpaired) electrons. The number of ether oxygens (including phenoxy) is 2. The van der Waals surface area contributed by atoms with Crippen LogP contribution in [0.3, 0.4) is 0 Å². The van der Waals surface area contributed by atoms with E-state index in [2.05, 4.69) is 24.3 Å². The molecule has 0 aliphatic rings. The zero-order chi connectivity index (χ0) is 19.1. The lowest BCUT2D eigenvalue weighted by atomic mass is 9.91. The summed E-state index contributed by atoms with van der Waals surface area (Å²) >= 11 is 0. The minimum atomic E-state index is -0.0747. The van der Waals surface area contributed by atoms with Crippen LogP contribution in [0.2, 0.25) is 0 Å². The molecule has 1 aromatic rings. The van der Waals surface area contributed by atoms with Crippen molar-refractivity contribution in [1.82, 2.24) is 0 Å². The lowest BCUT2D eigenvalue weighted by molar-refractivity contribution is 0.0679. The van der Waals surface area contributed by atoms with E-state index in [1.807, 2.05) is 34.6 Å². The Bertz CT molecular complexity index is 414. The Kier molecular flexibility index (Phi) is 13.7. The van der Waals surface area contributed by atoms with E-state index in [9.17, 15) is 5.11 Å². The molecule has 0 saturated heterocycles. The standard InChI is InChI=1S/C19H32O4.C2H6/c1-16(12-20)8-10-22-13-17-4-6-18(7-5-17)14-23-11-9-19(2,3)15-21;1-2/h4-7,16,20-21H,8-15H2,1-3H3;1-2H3. The average molecular weight is 355 g/mol. The van der Waals surface area contributed by atoms with E-state index in [0.29, 0.717) is 32.3 Å². The summed E-state index contributed by atoms with van der Waals surface area (Å²) in [6.45, 7) is 13.0. The van der Waals surface area contributed by atoms with Gasteiger partial charge in [-0.05, 0) is 35.3 Å². The van der Waals surface area contributed by atoms with E-state index in [4.69, 9.17) is 14.6 Å². The van der Waals surface area contributed by atoms with Crippen LogP contribution in [0.4, 0.5) is 0 Å². The highest BCUT2D eigenvalue weighted by atomic mass is 16.5. The second-order valence-corrected chi connectivity index (χ2v) is 7.07. The van der Waals surface area contributed by atoms with E-state index in [-0.39, 0.29) is 18.6 Å². The highest BCUT2D eigenvalue weighted by Gasteiger charge is 2.15. The maximum Gasteiger partial charge on any atom is 0.0716 e. The van der Waals surface area contributed by atoms with Gasteiger partial charge in [0.2, 0.25) is 0 Å². The Morgan fingerprint density at radius 2 is 1.40 bits per heavy atom. The third kappa shape index (κ3) is 12.1. The molecule has 0 spiro atoms. The molecule has 1 atom stereocenters. The van der Waals surface area contributed by atoms with Gasteiger partial charge in [0.1, 0.15) is 0 Å². The van der Waals surface area contributed by atoms with Crippen molar-refractivity contribution in [3.63, 3.8) is 0 Å². The number of hydrogen-bond acceptors (Lipinski definition) is 4. The predicted molar refractivity (Wildman–Crippen MR) is 103 cm³/mol. The van der Waals surface area contributed by atoms with E-state index >= 15 is 0 Å². The van der Waals surface area contributed by atoms with Crippen molar-refractivity contribution in [2.75, 3.05) is 26.4 Å². The SMILES string of the molecule is CC.CC(CO)CCOCc1ccc(COCCC(C)(C)CO)cc1. The van der Waals surface area contributed by atoms with Gasteiger partial charge in [0.15, 0.2) is 0 Å². The zero-order valence-corrected chi connectivity index (χ0v) is 16.8. The van der Waals surface area contributed by atoms with Crippen LogP contribution < -0.4 is 0 Å². The molecule has 1 aromatic carbocycles. The van der Waals surface area contributed by atoms with Gasteiger partial charge in [-0.3, -0.25) is 0 Å². The van der Waals surface area contributed by atoms with Crippen LogP contribution in [0.15, 0.2) is 24.3 Å². The van der Waals surface area contributed by atoms with Crippen molar-refractivity contribution < 1.29 is 19.7 Å². The molecular formula is C21H38O4. The zero-order valence-electron chi connectivity index (χ0n) is 16.8. The molecule has 0 aliphatic carbocycles. The van der Waals surface area contributed by atoms with Crippen molar-refractivity contribution in [2.45, 2.75) is 60.7 Å². The third-order valence-corrected chi connectivity index (χ3v) is 3.98. The molecule has 0 aliphatic heterocycles. The Labute approximate surface area is 154 Å². The minimum absolute atomic E-state index is 0.0747. The molecule has 1 rings (SSSR count). The molecule has 0 aromatic heterocycles. The van der Waals surface area contributed by atoms with Crippen molar-refractivity contribution in [1.29, 1.82) is 0 Å². The lowest BCUT2D eigenvalue weighted by Gasteiger charge is -2.21. The van der Waals surface area contributed by atoms with Gasteiger partial charge >= 0.3 is 0 Å². The smallest absolute Gasteiger partial charge is 0.0716 e. The molecule has 1 unspecified atom stereocenters. The van der Waals surface area contributed by atoms with Crippen molar-refractivity contribution in [3.8, 4) is 0 Å². The van der Waals surface area contributed by atoms with E-state index in [1.54, 1.807) is 0 Å². The maximum atomic E-state index is 9.19. The fraction of sp³-hybridized carbons (Fsp3) is 0.714.